The molecule has 66 valence electrons. The van der Waals surface area contributed by atoms with Crippen molar-refractivity contribution < 1.29 is 12.8 Å². The molecular formula is C6H10ClFO2S. The largest absolute Gasteiger partial charge is 0.247 e. The van der Waals surface area contributed by atoms with E-state index in [0.29, 0.717) is 19.3 Å². The van der Waals surface area contributed by atoms with Gasteiger partial charge in [0.2, 0.25) is 9.05 Å². The molecule has 0 radical (unpaired) electrons. The summed E-state index contributed by atoms with van der Waals surface area (Å²) in [6.07, 6.45) is 0.809. The van der Waals surface area contributed by atoms with E-state index in [4.69, 9.17) is 10.7 Å². The van der Waals surface area contributed by atoms with Crippen molar-refractivity contribution in [3.63, 3.8) is 0 Å². The summed E-state index contributed by atoms with van der Waals surface area (Å²) in [5.74, 6) is 0.213. The maximum Gasteiger partial charge on any atom is 0.232 e. The summed E-state index contributed by atoms with van der Waals surface area (Å²) in [5.41, 5.74) is 0. The van der Waals surface area contributed by atoms with Crippen LogP contribution >= 0.6 is 10.7 Å². The van der Waals surface area contributed by atoms with Crippen LogP contribution in [-0.4, -0.2) is 20.3 Å². The van der Waals surface area contributed by atoms with Gasteiger partial charge in [0.15, 0.2) is 0 Å². The molecule has 5 heteroatoms. The Balaban J connectivity index is 2.15. The van der Waals surface area contributed by atoms with Crippen LogP contribution in [0.4, 0.5) is 4.39 Å². The van der Waals surface area contributed by atoms with Crippen molar-refractivity contribution in [1.29, 1.82) is 0 Å². The minimum Gasteiger partial charge on any atom is -0.247 e. The molecule has 0 spiro atoms. The van der Waals surface area contributed by atoms with Crippen LogP contribution in [0.15, 0.2) is 0 Å². The van der Waals surface area contributed by atoms with E-state index in [9.17, 15) is 12.8 Å². The van der Waals surface area contributed by atoms with Gasteiger partial charge >= 0.3 is 0 Å². The van der Waals surface area contributed by atoms with Crippen molar-refractivity contribution in [2.45, 2.75) is 25.4 Å². The fourth-order valence-corrected chi connectivity index (χ4v) is 2.08. The van der Waals surface area contributed by atoms with Gasteiger partial charge in [0, 0.05) is 10.7 Å². The highest BCUT2D eigenvalue weighted by molar-refractivity contribution is 8.13. The average Bonchev–Trinajstić information content (AvgIpc) is 1.75. The first-order valence-corrected chi connectivity index (χ1v) is 6.01. The average molecular weight is 201 g/mol. The van der Waals surface area contributed by atoms with Crippen molar-refractivity contribution >= 4 is 19.7 Å². The zero-order valence-corrected chi connectivity index (χ0v) is 7.54. The monoisotopic (exact) mass is 200 g/mol. The molecule has 1 saturated carbocycles. The molecular weight excluding hydrogens is 191 g/mol. The molecule has 1 rings (SSSR count). The predicted molar refractivity (Wildman–Crippen MR) is 41.9 cm³/mol. The van der Waals surface area contributed by atoms with Crippen molar-refractivity contribution in [3.05, 3.63) is 0 Å². The summed E-state index contributed by atoms with van der Waals surface area (Å²) < 4.78 is 33.1. The number of hydrogen-bond donors (Lipinski definition) is 0. The molecule has 0 saturated heterocycles. The van der Waals surface area contributed by atoms with Crippen molar-refractivity contribution in [3.8, 4) is 0 Å². The molecule has 0 aromatic heterocycles. The van der Waals surface area contributed by atoms with Gasteiger partial charge in [-0.1, -0.05) is 0 Å². The SMILES string of the molecule is O=S(=O)(Cl)CCC1CC(F)C1. The standard InChI is InChI=1S/C6H10ClFO2S/c7-11(9,10)2-1-5-3-6(8)4-5/h5-6H,1-4H2. The minimum atomic E-state index is -3.36. The summed E-state index contributed by atoms with van der Waals surface area (Å²) in [6.45, 7) is 0. The number of hydrogen-bond acceptors (Lipinski definition) is 2. The molecule has 0 unspecified atom stereocenters. The maximum atomic E-state index is 12.2. The molecule has 0 aliphatic heterocycles. The highest BCUT2D eigenvalue weighted by Gasteiger charge is 2.29. The molecule has 0 aromatic carbocycles. The molecule has 0 amide bonds. The Hall–Kier alpha value is 0.170. The first kappa shape index (κ1) is 9.26. The van der Waals surface area contributed by atoms with Gasteiger partial charge in [0.1, 0.15) is 6.17 Å². The Morgan fingerprint density at radius 2 is 2.00 bits per heavy atom. The third-order valence-corrected chi connectivity index (χ3v) is 3.13. The smallest absolute Gasteiger partial charge is 0.232 e. The fraction of sp³-hybridized carbons (Fsp3) is 1.00. The maximum absolute atomic E-state index is 12.2. The highest BCUT2D eigenvalue weighted by atomic mass is 35.7. The van der Waals surface area contributed by atoms with Crippen LogP contribution in [0.2, 0.25) is 0 Å². The molecule has 0 atom stereocenters. The van der Waals surface area contributed by atoms with Crippen LogP contribution in [0.5, 0.6) is 0 Å². The normalized spacial score (nSPS) is 31.5. The van der Waals surface area contributed by atoms with Crippen LogP contribution in [0.3, 0.4) is 0 Å². The second-order valence-electron chi connectivity index (χ2n) is 2.97. The van der Waals surface area contributed by atoms with E-state index in [1.807, 2.05) is 0 Å². The fourth-order valence-electron chi connectivity index (χ4n) is 1.20. The van der Waals surface area contributed by atoms with E-state index in [1.165, 1.54) is 0 Å². The lowest BCUT2D eigenvalue weighted by Crippen LogP contribution is -2.26. The van der Waals surface area contributed by atoms with Crippen molar-refractivity contribution in [2.24, 2.45) is 5.92 Å². The second kappa shape index (κ2) is 3.27. The highest BCUT2D eigenvalue weighted by Crippen LogP contribution is 2.32. The van der Waals surface area contributed by atoms with Crippen molar-refractivity contribution in [1.82, 2.24) is 0 Å². The minimum absolute atomic E-state index is 0.0219. The number of alkyl halides is 1. The second-order valence-corrected chi connectivity index (χ2v) is 5.86. The molecule has 11 heavy (non-hydrogen) atoms. The summed E-state index contributed by atoms with van der Waals surface area (Å²) in [5, 5.41) is 0. The first-order valence-electron chi connectivity index (χ1n) is 3.54. The van der Waals surface area contributed by atoms with Crippen LogP contribution in [-0.2, 0) is 9.05 Å². The summed E-state index contributed by atoms with van der Waals surface area (Å²) >= 11 is 0. The molecule has 1 aliphatic carbocycles. The molecule has 0 bridgehead atoms. The number of rotatable bonds is 3. The lowest BCUT2D eigenvalue weighted by molar-refractivity contribution is 0.129. The zero-order valence-electron chi connectivity index (χ0n) is 5.96. The van der Waals surface area contributed by atoms with Crippen LogP contribution in [0.1, 0.15) is 19.3 Å². The van der Waals surface area contributed by atoms with Gasteiger partial charge < -0.3 is 0 Å². The lowest BCUT2D eigenvalue weighted by Gasteiger charge is -2.28. The van der Waals surface area contributed by atoms with Gasteiger partial charge in [-0.05, 0) is 25.2 Å². The van der Waals surface area contributed by atoms with E-state index >= 15 is 0 Å². The van der Waals surface area contributed by atoms with Gasteiger partial charge in [-0.3, -0.25) is 0 Å². The molecule has 0 N–H and O–H groups in total. The first-order chi connectivity index (χ1) is 4.97. The van der Waals surface area contributed by atoms with Gasteiger partial charge in [-0.15, -0.1) is 0 Å². The van der Waals surface area contributed by atoms with Crippen LogP contribution < -0.4 is 0 Å². The van der Waals surface area contributed by atoms with Gasteiger partial charge in [0.25, 0.3) is 0 Å². The molecule has 0 heterocycles. The third-order valence-electron chi connectivity index (χ3n) is 1.95. The van der Waals surface area contributed by atoms with Crippen LogP contribution in [0, 0.1) is 5.92 Å². The predicted octanol–water partition coefficient (Wildman–Crippen LogP) is 1.69. The quantitative estimate of drug-likeness (QED) is 0.650. The van der Waals surface area contributed by atoms with Gasteiger partial charge in [-0.25, -0.2) is 12.8 Å². The molecule has 0 aromatic rings. The van der Waals surface area contributed by atoms with Crippen molar-refractivity contribution in [2.75, 3.05) is 5.75 Å². The molecule has 1 fully saturated rings. The van der Waals surface area contributed by atoms with E-state index in [0.717, 1.165) is 0 Å². The Kier molecular flexibility index (Phi) is 2.75. The Labute approximate surface area is 70.2 Å². The van der Waals surface area contributed by atoms with Gasteiger partial charge in [-0.2, -0.15) is 0 Å². The topological polar surface area (TPSA) is 34.1 Å². The Bertz CT molecular complexity index is 221. The number of halogens is 2. The zero-order chi connectivity index (χ0) is 8.48. The summed E-state index contributed by atoms with van der Waals surface area (Å²) in [6, 6.07) is 0. The Morgan fingerprint density at radius 1 is 1.45 bits per heavy atom. The van der Waals surface area contributed by atoms with E-state index in [-0.39, 0.29) is 11.7 Å². The molecule has 1 aliphatic rings. The Morgan fingerprint density at radius 3 is 2.36 bits per heavy atom. The summed E-state index contributed by atoms with van der Waals surface area (Å²) in [7, 11) is 1.61. The van der Waals surface area contributed by atoms with E-state index in [1.54, 1.807) is 0 Å². The van der Waals surface area contributed by atoms with Crippen LogP contribution in [0.25, 0.3) is 0 Å². The lowest BCUT2D eigenvalue weighted by atomic mass is 9.82. The third kappa shape index (κ3) is 3.38. The van der Waals surface area contributed by atoms with E-state index in [2.05, 4.69) is 0 Å². The van der Waals surface area contributed by atoms with E-state index < -0.39 is 15.2 Å². The van der Waals surface area contributed by atoms with Gasteiger partial charge in [0.05, 0.1) is 5.75 Å². The summed E-state index contributed by atoms with van der Waals surface area (Å²) in [4.78, 5) is 0. The molecule has 2 nitrogen and oxygen atoms in total.